The second-order valence-electron chi connectivity index (χ2n) is 3.85. The quantitative estimate of drug-likeness (QED) is 0.770. The van der Waals surface area contributed by atoms with Crippen LogP contribution in [0.1, 0.15) is 25.0 Å². The highest BCUT2D eigenvalue weighted by molar-refractivity contribution is 8.13. The van der Waals surface area contributed by atoms with Crippen LogP contribution in [0.3, 0.4) is 0 Å². The predicted molar refractivity (Wildman–Crippen MR) is 77.1 cm³/mol. The fourth-order valence-electron chi connectivity index (χ4n) is 1.76. The molecule has 1 aromatic carbocycles. The lowest BCUT2D eigenvalue weighted by atomic mass is 10.1. The monoisotopic (exact) mass is 284 g/mol. The summed E-state index contributed by atoms with van der Waals surface area (Å²) in [4.78, 5) is 11.7. The van der Waals surface area contributed by atoms with Crippen molar-refractivity contribution in [1.82, 2.24) is 0 Å². The zero-order valence-corrected chi connectivity index (χ0v) is 12.6. The molecule has 0 aliphatic heterocycles. The molecule has 0 saturated heterocycles. The van der Waals surface area contributed by atoms with E-state index in [1.54, 1.807) is 21.3 Å². The van der Waals surface area contributed by atoms with Gasteiger partial charge < -0.3 is 14.2 Å². The van der Waals surface area contributed by atoms with E-state index in [2.05, 4.69) is 0 Å². The second-order valence-corrected chi connectivity index (χ2v) is 5.17. The van der Waals surface area contributed by atoms with Crippen LogP contribution in [-0.2, 0) is 9.53 Å². The normalized spacial score (nSPS) is 12.0. The third kappa shape index (κ3) is 4.44. The van der Waals surface area contributed by atoms with Gasteiger partial charge in [0.1, 0.15) is 0 Å². The lowest BCUT2D eigenvalue weighted by molar-refractivity contribution is -0.113. The molecule has 0 fully saturated rings. The third-order valence-corrected chi connectivity index (χ3v) is 3.50. The molecule has 0 radical (unpaired) electrons. The van der Waals surface area contributed by atoms with Crippen molar-refractivity contribution < 1.29 is 19.0 Å². The minimum atomic E-state index is -0.258. The summed E-state index contributed by atoms with van der Waals surface area (Å²) in [7, 11) is 4.78. The zero-order valence-electron chi connectivity index (χ0n) is 11.8. The van der Waals surface area contributed by atoms with Gasteiger partial charge in [-0.25, -0.2) is 0 Å². The van der Waals surface area contributed by atoms with E-state index in [0.29, 0.717) is 17.9 Å². The van der Waals surface area contributed by atoms with Gasteiger partial charge in [0.2, 0.25) is 0 Å². The van der Waals surface area contributed by atoms with E-state index in [0.717, 1.165) is 11.3 Å². The third-order valence-electron chi connectivity index (χ3n) is 2.72. The van der Waals surface area contributed by atoms with Crippen molar-refractivity contribution >= 4 is 16.9 Å². The van der Waals surface area contributed by atoms with Crippen molar-refractivity contribution in [3.8, 4) is 11.5 Å². The first-order valence-electron chi connectivity index (χ1n) is 6.06. The van der Waals surface area contributed by atoms with Crippen LogP contribution in [0.5, 0.6) is 11.5 Å². The minimum Gasteiger partial charge on any atom is -0.493 e. The summed E-state index contributed by atoms with van der Waals surface area (Å²) in [6.07, 6.45) is 0.0937. The summed E-state index contributed by atoms with van der Waals surface area (Å²) < 4.78 is 15.8. The number of methoxy groups -OCH3 is 3. The first-order valence-corrected chi connectivity index (χ1v) is 7.05. The molecule has 0 aromatic heterocycles. The molecule has 1 unspecified atom stereocenters. The number of hydrogen-bond donors (Lipinski definition) is 0. The van der Waals surface area contributed by atoms with E-state index >= 15 is 0 Å². The molecule has 1 rings (SSSR count). The molecule has 0 N–H and O–H groups in total. The molecule has 4 nitrogen and oxygen atoms in total. The molecular formula is C14H20O4S. The Kier molecular flexibility index (Phi) is 6.73. The molecule has 106 valence electrons. The van der Waals surface area contributed by atoms with Gasteiger partial charge in [-0.05, 0) is 23.4 Å². The standard InChI is InChI=1S/C14H20O4S/c1-5-19-14(15)9-12(17-3)10-6-7-11(16-2)13(8-10)18-4/h6-8,12H,5,9H2,1-4H3. The number of ether oxygens (including phenoxy) is 3. The van der Waals surface area contributed by atoms with E-state index in [-0.39, 0.29) is 11.2 Å². The van der Waals surface area contributed by atoms with Crippen molar-refractivity contribution in [2.75, 3.05) is 27.1 Å². The molecule has 0 bridgehead atoms. The largest absolute Gasteiger partial charge is 0.493 e. The second kappa shape index (κ2) is 8.07. The Morgan fingerprint density at radius 2 is 1.89 bits per heavy atom. The van der Waals surface area contributed by atoms with Gasteiger partial charge in [-0.15, -0.1) is 0 Å². The lowest BCUT2D eigenvalue weighted by Crippen LogP contribution is -2.07. The van der Waals surface area contributed by atoms with Crippen molar-refractivity contribution in [3.05, 3.63) is 23.8 Å². The van der Waals surface area contributed by atoms with Crippen LogP contribution in [0, 0.1) is 0 Å². The number of thioether (sulfide) groups is 1. The predicted octanol–water partition coefficient (Wildman–Crippen LogP) is 3.06. The maximum atomic E-state index is 11.7. The zero-order chi connectivity index (χ0) is 14.3. The molecule has 0 aliphatic carbocycles. The summed E-state index contributed by atoms with van der Waals surface area (Å²) in [5.74, 6) is 2.08. The number of benzene rings is 1. The average molecular weight is 284 g/mol. The summed E-state index contributed by atoms with van der Waals surface area (Å²) in [5, 5.41) is 0.129. The fourth-order valence-corrected chi connectivity index (χ4v) is 2.35. The van der Waals surface area contributed by atoms with Crippen LogP contribution >= 0.6 is 11.8 Å². The average Bonchev–Trinajstić information content (AvgIpc) is 2.44. The Balaban J connectivity index is 2.89. The van der Waals surface area contributed by atoms with Crippen LogP contribution < -0.4 is 9.47 Å². The molecule has 5 heteroatoms. The summed E-state index contributed by atoms with van der Waals surface area (Å²) in [6.45, 7) is 1.96. The number of rotatable bonds is 7. The van der Waals surface area contributed by atoms with E-state index in [9.17, 15) is 4.79 Å². The van der Waals surface area contributed by atoms with Crippen molar-refractivity contribution in [2.24, 2.45) is 0 Å². The Labute approximate surface area is 118 Å². The Morgan fingerprint density at radius 1 is 1.21 bits per heavy atom. The van der Waals surface area contributed by atoms with Crippen LogP contribution in [0.25, 0.3) is 0 Å². The highest BCUT2D eigenvalue weighted by Gasteiger charge is 2.17. The fraction of sp³-hybridized carbons (Fsp3) is 0.500. The van der Waals surface area contributed by atoms with Crippen LogP contribution in [0.2, 0.25) is 0 Å². The minimum absolute atomic E-state index is 0.129. The summed E-state index contributed by atoms with van der Waals surface area (Å²) >= 11 is 1.31. The Hall–Kier alpha value is -1.20. The van der Waals surface area contributed by atoms with Gasteiger partial charge in [-0.3, -0.25) is 4.79 Å². The first kappa shape index (κ1) is 15.9. The van der Waals surface area contributed by atoms with Crippen LogP contribution in [-0.4, -0.2) is 32.2 Å². The summed E-state index contributed by atoms with van der Waals surface area (Å²) in [5.41, 5.74) is 0.908. The van der Waals surface area contributed by atoms with Gasteiger partial charge >= 0.3 is 0 Å². The van der Waals surface area contributed by atoms with Crippen LogP contribution in [0.4, 0.5) is 0 Å². The molecule has 0 aliphatic rings. The van der Waals surface area contributed by atoms with Crippen LogP contribution in [0.15, 0.2) is 18.2 Å². The number of carbonyl (C=O) groups excluding carboxylic acids is 1. The SMILES string of the molecule is CCSC(=O)CC(OC)c1ccc(OC)c(OC)c1. The molecule has 19 heavy (non-hydrogen) atoms. The first-order chi connectivity index (χ1) is 9.15. The highest BCUT2D eigenvalue weighted by atomic mass is 32.2. The molecule has 0 heterocycles. The van der Waals surface area contributed by atoms with Gasteiger partial charge in [0.05, 0.1) is 20.3 Å². The van der Waals surface area contributed by atoms with Crippen molar-refractivity contribution in [1.29, 1.82) is 0 Å². The molecule has 0 saturated carbocycles. The Morgan fingerprint density at radius 3 is 2.42 bits per heavy atom. The molecule has 1 atom stereocenters. The van der Waals surface area contributed by atoms with Gasteiger partial charge in [0, 0.05) is 13.5 Å². The van der Waals surface area contributed by atoms with Gasteiger partial charge in [0.25, 0.3) is 0 Å². The van der Waals surface area contributed by atoms with Gasteiger partial charge in [-0.1, -0.05) is 24.8 Å². The number of carbonyl (C=O) groups is 1. The molecule has 1 aromatic rings. The topological polar surface area (TPSA) is 44.8 Å². The smallest absolute Gasteiger partial charge is 0.191 e. The highest BCUT2D eigenvalue weighted by Crippen LogP contribution is 2.32. The maximum absolute atomic E-state index is 11.7. The molecule has 0 spiro atoms. The molecular weight excluding hydrogens is 264 g/mol. The van der Waals surface area contributed by atoms with Gasteiger partial charge in [0.15, 0.2) is 16.6 Å². The van der Waals surface area contributed by atoms with E-state index in [1.807, 2.05) is 25.1 Å². The molecule has 0 amide bonds. The Bertz CT molecular complexity index is 420. The van der Waals surface area contributed by atoms with E-state index < -0.39 is 0 Å². The summed E-state index contributed by atoms with van der Waals surface area (Å²) in [6, 6.07) is 5.55. The van der Waals surface area contributed by atoms with Crippen molar-refractivity contribution in [2.45, 2.75) is 19.4 Å². The van der Waals surface area contributed by atoms with Gasteiger partial charge in [-0.2, -0.15) is 0 Å². The number of hydrogen-bond acceptors (Lipinski definition) is 5. The maximum Gasteiger partial charge on any atom is 0.191 e. The van der Waals surface area contributed by atoms with E-state index in [1.165, 1.54) is 11.8 Å². The lowest BCUT2D eigenvalue weighted by Gasteiger charge is -2.16. The van der Waals surface area contributed by atoms with Crippen molar-refractivity contribution in [3.63, 3.8) is 0 Å². The van der Waals surface area contributed by atoms with E-state index in [4.69, 9.17) is 14.2 Å².